The van der Waals surface area contributed by atoms with E-state index in [0.29, 0.717) is 17.9 Å². The number of esters is 1. The van der Waals surface area contributed by atoms with Crippen LogP contribution in [-0.2, 0) is 14.3 Å². The van der Waals surface area contributed by atoms with Gasteiger partial charge in [0.1, 0.15) is 12.2 Å². The van der Waals surface area contributed by atoms with Gasteiger partial charge in [-0.2, -0.15) is 0 Å². The van der Waals surface area contributed by atoms with Crippen molar-refractivity contribution >= 4 is 5.97 Å². The molecule has 3 nitrogen and oxygen atoms in total. The minimum atomic E-state index is -0.316. The van der Waals surface area contributed by atoms with E-state index in [1.165, 1.54) is 32.6 Å². The number of carbonyl (C=O) groups excluding carboxylic acids is 1. The van der Waals surface area contributed by atoms with E-state index in [-0.39, 0.29) is 17.0 Å². The van der Waals surface area contributed by atoms with Gasteiger partial charge in [-0.15, -0.1) is 0 Å². The third-order valence-corrected chi connectivity index (χ3v) is 7.09. The van der Waals surface area contributed by atoms with Crippen LogP contribution in [0.2, 0.25) is 0 Å². The van der Waals surface area contributed by atoms with Gasteiger partial charge in [0.15, 0.2) is 0 Å². The molecule has 2 saturated carbocycles. The van der Waals surface area contributed by atoms with Crippen molar-refractivity contribution in [2.24, 2.45) is 22.7 Å². The number of carbonyl (C=O) groups is 1. The Balaban J connectivity index is 1.96. The molecule has 130 valence electrons. The fourth-order valence-corrected chi connectivity index (χ4v) is 6.15. The zero-order valence-electron chi connectivity index (χ0n) is 15.4. The zero-order valence-corrected chi connectivity index (χ0v) is 15.4. The molecule has 0 aromatic carbocycles. The average molecular weight is 320 g/mol. The summed E-state index contributed by atoms with van der Waals surface area (Å²) < 4.78 is 11.9. The molecule has 0 saturated heterocycles. The number of rotatable bonds is 2. The van der Waals surface area contributed by atoms with E-state index in [0.717, 1.165) is 24.5 Å². The monoisotopic (exact) mass is 320 g/mol. The lowest BCUT2D eigenvalue weighted by molar-refractivity contribution is -0.210. The molecule has 3 heteroatoms. The van der Waals surface area contributed by atoms with Crippen LogP contribution in [0.4, 0.5) is 0 Å². The predicted octanol–water partition coefficient (Wildman–Crippen LogP) is 4.86. The number of hydrogen-bond donors (Lipinski definition) is 0. The van der Waals surface area contributed by atoms with Crippen molar-refractivity contribution in [3.8, 4) is 0 Å². The first-order valence-electron chi connectivity index (χ1n) is 9.19. The topological polar surface area (TPSA) is 35.5 Å². The molecular weight excluding hydrogens is 288 g/mol. The third kappa shape index (κ3) is 2.70. The summed E-state index contributed by atoms with van der Waals surface area (Å²) in [7, 11) is 0. The van der Waals surface area contributed by atoms with Gasteiger partial charge in [-0.25, -0.2) is 0 Å². The molecule has 0 aromatic heterocycles. The van der Waals surface area contributed by atoms with Crippen molar-refractivity contribution in [1.29, 1.82) is 0 Å². The molecule has 23 heavy (non-hydrogen) atoms. The molecule has 0 bridgehead atoms. The molecule has 1 aliphatic heterocycles. The summed E-state index contributed by atoms with van der Waals surface area (Å²) in [6.07, 6.45) is 9.36. The summed E-state index contributed by atoms with van der Waals surface area (Å²) in [5.74, 6) is 1.96. The molecule has 4 atom stereocenters. The first-order chi connectivity index (χ1) is 10.7. The lowest BCUT2D eigenvalue weighted by Gasteiger charge is -2.63. The van der Waals surface area contributed by atoms with Crippen LogP contribution in [0.1, 0.15) is 73.1 Å². The molecule has 2 aliphatic carbocycles. The SMILES string of the molecule is CC(=O)OC[C@@]12CCC3C(C)(C)CCC[C@]3(C)[C@H]1CC=C(C)O2. The van der Waals surface area contributed by atoms with Crippen LogP contribution in [0.5, 0.6) is 0 Å². The Morgan fingerprint density at radius 2 is 2.00 bits per heavy atom. The largest absolute Gasteiger partial charge is 0.488 e. The fourth-order valence-electron chi connectivity index (χ4n) is 6.15. The standard InChI is InChI=1S/C20H32O3/c1-14-7-8-17-19(5)11-6-10-18(3,4)16(19)9-12-20(17,23-14)13-22-15(2)21/h7,16-17H,6,8-13H2,1-5H3/t16?,17-,19+,20+/m1/s1. The van der Waals surface area contributed by atoms with E-state index in [1.807, 2.05) is 6.92 Å². The second-order valence-corrected chi connectivity index (χ2v) is 8.99. The molecule has 3 rings (SSSR count). The molecule has 0 spiro atoms. The van der Waals surface area contributed by atoms with E-state index >= 15 is 0 Å². The van der Waals surface area contributed by atoms with E-state index < -0.39 is 0 Å². The highest BCUT2D eigenvalue weighted by molar-refractivity contribution is 5.66. The number of ether oxygens (including phenoxy) is 2. The van der Waals surface area contributed by atoms with Crippen molar-refractivity contribution in [1.82, 2.24) is 0 Å². The van der Waals surface area contributed by atoms with Gasteiger partial charge in [0, 0.05) is 12.8 Å². The van der Waals surface area contributed by atoms with Gasteiger partial charge in [-0.1, -0.05) is 27.2 Å². The number of allylic oxidation sites excluding steroid dienone is 2. The van der Waals surface area contributed by atoms with Crippen molar-refractivity contribution in [3.63, 3.8) is 0 Å². The van der Waals surface area contributed by atoms with Crippen LogP contribution in [0.3, 0.4) is 0 Å². The second kappa shape index (κ2) is 5.53. The van der Waals surface area contributed by atoms with E-state index in [1.54, 1.807) is 0 Å². The lowest BCUT2D eigenvalue weighted by Crippen LogP contribution is -2.61. The van der Waals surface area contributed by atoms with Gasteiger partial charge >= 0.3 is 5.97 Å². The highest BCUT2D eigenvalue weighted by Gasteiger charge is 2.61. The molecule has 0 radical (unpaired) electrons. The van der Waals surface area contributed by atoms with E-state index in [9.17, 15) is 4.79 Å². The van der Waals surface area contributed by atoms with Gasteiger partial charge < -0.3 is 9.47 Å². The Hall–Kier alpha value is -0.990. The van der Waals surface area contributed by atoms with E-state index in [4.69, 9.17) is 9.47 Å². The Labute approximate surface area is 140 Å². The Morgan fingerprint density at radius 3 is 2.70 bits per heavy atom. The van der Waals surface area contributed by atoms with Crippen molar-refractivity contribution < 1.29 is 14.3 Å². The average Bonchev–Trinajstić information content (AvgIpc) is 2.43. The van der Waals surface area contributed by atoms with Crippen LogP contribution in [-0.4, -0.2) is 18.2 Å². The summed E-state index contributed by atoms with van der Waals surface area (Å²) in [4.78, 5) is 11.4. The highest BCUT2D eigenvalue weighted by atomic mass is 16.6. The summed E-state index contributed by atoms with van der Waals surface area (Å²) in [6, 6.07) is 0. The van der Waals surface area contributed by atoms with Gasteiger partial charge in [0.25, 0.3) is 0 Å². The first kappa shape index (κ1) is 16.9. The minimum Gasteiger partial charge on any atom is -0.488 e. The minimum absolute atomic E-state index is 0.204. The summed E-state index contributed by atoms with van der Waals surface area (Å²) in [5.41, 5.74) is 0.358. The molecule has 1 heterocycles. The van der Waals surface area contributed by atoms with Crippen LogP contribution in [0, 0.1) is 22.7 Å². The maximum Gasteiger partial charge on any atom is 0.302 e. The molecule has 1 unspecified atom stereocenters. The zero-order chi connectivity index (χ0) is 16.9. The highest BCUT2D eigenvalue weighted by Crippen LogP contribution is 2.64. The Morgan fingerprint density at radius 1 is 1.26 bits per heavy atom. The van der Waals surface area contributed by atoms with Crippen LogP contribution in [0.25, 0.3) is 0 Å². The first-order valence-corrected chi connectivity index (χ1v) is 9.19. The molecule has 2 fully saturated rings. The van der Waals surface area contributed by atoms with Crippen molar-refractivity contribution in [2.45, 2.75) is 78.7 Å². The summed E-state index contributed by atoms with van der Waals surface area (Å²) >= 11 is 0. The van der Waals surface area contributed by atoms with Gasteiger partial charge in [-0.05, 0) is 61.9 Å². The Kier molecular flexibility index (Phi) is 4.05. The smallest absolute Gasteiger partial charge is 0.302 e. The number of hydrogen-bond acceptors (Lipinski definition) is 3. The number of fused-ring (bicyclic) bond motifs is 3. The van der Waals surface area contributed by atoms with Crippen molar-refractivity contribution in [3.05, 3.63) is 11.8 Å². The molecule has 0 aromatic rings. The van der Waals surface area contributed by atoms with Crippen LogP contribution in [0.15, 0.2) is 11.8 Å². The van der Waals surface area contributed by atoms with Crippen LogP contribution >= 0.6 is 0 Å². The predicted molar refractivity (Wildman–Crippen MR) is 90.8 cm³/mol. The van der Waals surface area contributed by atoms with Crippen molar-refractivity contribution in [2.75, 3.05) is 6.61 Å². The third-order valence-electron chi connectivity index (χ3n) is 7.09. The van der Waals surface area contributed by atoms with E-state index in [2.05, 4.69) is 26.8 Å². The lowest BCUT2D eigenvalue weighted by atomic mass is 9.45. The van der Waals surface area contributed by atoms with Gasteiger partial charge in [0.2, 0.25) is 0 Å². The summed E-state index contributed by atoms with van der Waals surface area (Å²) in [6.45, 7) is 11.3. The van der Waals surface area contributed by atoms with Gasteiger partial charge in [0.05, 0.1) is 5.76 Å². The summed E-state index contributed by atoms with van der Waals surface area (Å²) in [5, 5.41) is 0. The molecule has 3 aliphatic rings. The fraction of sp³-hybridized carbons (Fsp3) is 0.850. The molecule has 0 amide bonds. The second-order valence-electron chi connectivity index (χ2n) is 8.99. The normalized spacial score (nSPS) is 41.9. The van der Waals surface area contributed by atoms with Crippen LogP contribution < -0.4 is 0 Å². The van der Waals surface area contributed by atoms with Gasteiger partial charge in [-0.3, -0.25) is 4.79 Å². The maximum atomic E-state index is 11.4. The molecular formula is C20H32O3. The molecule has 0 N–H and O–H groups in total. The quantitative estimate of drug-likeness (QED) is 0.682. The Bertz CT molecular complexity index is 521. The maximum absolute atomic E-state index is 11.4.